The SMILES string of the molecule is CCNC(=NCc1cc(OC)c(O)c(OC)c1)N(C)Cc1cc2ccccc2o1.I. The van der Waals surface area contributed by atoms with Crippen molar-refractivity contribution < 1.29 is 19.0 Å². The molecule has 3 rings (SSSR count). The van der Waals surface area contributed by atoms with Crippen molar-refractivity contribution in [2.45, 2.75) is 20.0 Å². The highest BCUT2D eigenvalue weighted by atomic mass is 127. The molecule has 0 fully saturated rings. The first-order chi connectivity index (χ1) is 14.0. The predicted molar refractivity (Wildman–Crippen MR) is 129 cm³/mol. The fraction of sp³-hybridized carbons (Fsp3) is 0.318. The van der Waals surface area contributed by atoms with Crippen LogP contribution in [0.3, 0.4) is 0 Å². The molecule has 162 valence electrons. The second kappa shape index (κ2) is 11.0. The van der Waals surface area contributed by atoms with Crippen LogP contribution in [-0.2, 0) is 13.1 Å². The first-order valence-electron chi connectivity index (χ1n) is 9.46. The summed E-state index contributed by atoms with van der Waals surface area (Å²) in [6.45, 7) is 3.76. The number of rotatable bonds is 7. The lowest BCUT2D eigenvalue weighted by Gasteiger charge is -2.21. The quantitative estimate of drug-likeness (QED) is 0.271. The Morgan fingerprint density at radius 2 is 1.80 bits per heavy atom. The third-order valence-corrected chi connectivity index (χ3v) is 4.52. The van der Waals surface area contributed by atoms with Crippen molar-refractivity contribution in [1.82, 2.24) is 10.2 Å². The minimum absolute atomic E-state index is 0. The van der Waals surface area contributed by atoms with Gasteiger partial charge in [0.2, 0.25) is 5.75 Å². The second-order valence-corrected chi connectivity index (χ2v) is 6.63. The molecule has 0 radical (unpaired) electrons. The highest BCUT2D eigenvalue weighted by molar-refractivity contribution is 14.0. The minimum Gasteiger partial charge on any atom is -0.502 e. The van der Waals surface area contributed by atoms with E-state index in [0.29, 0.717) is 24.6 Å². The molecule has 2 N–H and O–H groups in total. The van der Waals surface area contributed by atoms with Gasteiger partial charge in [0, 0.05) is 19.0 Å². The average Bonchev–Trinajstić information content (AvgIpc) is 3.13. The van der Waals surface area contributed by atoms with Gasteiger partial charge >= 0.3 is 0 Å². The number of guanidine groups is 1. The number of halogens is 1. The van der Waals surface area contributed by atoms with Crippen LogP contribution in [0.15, 0.2) is 51.9 Å². The topological polar surface area (TPSA) is 79.5 Å². The molecule has 0 amide bonds. The van der Waals surface area contributed by atoms with E-state index < -0.39 is 0 Å². The zero-order valence-corrected chi connectivity index (χ0v) is 20.0. The molecule has 0 saturated heterocycles. The average molecular weight is 525 g/mol. The van der Waals surface area contributed by atoms with E-state index in [-0.39, 0.29) is 29.7 Å². The molecule has 30 heavy (non-hydrogen) atoms. The van der Waals surface area contributed by atoms with Crippen LogP contribution >= 0.6 is 24.0 Å². The first kappa shape index (κ1) is 23.7. The molecule has 0 unspecified atom stereocenters. The summed E-state index contributed by atoms with van der Waals surface area (Å²) in [5.41, 5.74) is 1.74. The lowest BCUT2D eigenvalue weighted by molar-refractivity contribution is 0.339. The Bertz CT molecular complexity index is 945. The van der Waals surface area contributed by atoms with Crippen LogP contribution in [0, 0.1) is 0 Å². The Hall–Kier alpha value is -2.62. The number of fused-ring (bicyclic) bond motifs is 1. The summed E-state index contributed by atoms with van der Waals surface area (Å²) in [6.07, 6.45) is 0. The predicted octanol–water partition coefficient (Wildman–Crippen LogP) is 4.37. The largest absolute Gasteiger partial charge is 0.502 e. The standard InChI is InChI=1S/C22H27N3O4.HI/c1-5-23-22(24-13-15-10-19(27-3)21(26)20(11-15)28-4)25(2)14-17-12-16-8-6-7-9-18(16)29-17;/h6-12,26H,5,13-14H2,1-4H3,(H,23,24);1H. The molecule has 7 nitrogen and oxygen atoms in total. The Morgan fingerprint density at radius 1 is 1.13 bits per heavy atom. The number of aliphatic imine (C=N–C) groups is 1. The van der Waals surface area contributed by atoms with Gasteiger partial charge in [-0.15, -0.1) is 24.0 Å². The number of aromatic hydroxyl groups is 1. The lowest BCUT2D eigenvalue weighted by Crippen LogP contribution is -2.38. The van der Waals surface area contributed by atoms with E-state index in [1.165, 1.54) is 14.2 Å². The number of para-hydroxylation sites is 1. The van der Waals surface area contributed by atoms with Gasteiger partial charge < -0.3 is 29.2 Å². The number of nitrogens with zero attached hydrogens (tertiary/aromatic N) is 2. The molecule has 3 aromatic rings. The van der Waals surface area contributed by atoms with Crippen LogP contribution < -0.4 is 14.8 Å². The Kier molecular flexibility index (Phi) is 8.64. The fourth-order valence-corrected chi connectivity index (χ4v) is 3.10. The summed E-state index contributed by atoms with van der Waals surface area (Å²) in [5.74, 6) is 2.31. The summed E-state index contributed by atoms with van der Waals surface area (Å²) in [4.78, 5) is 6.72. The maximum Gasteiger partial charge on any atom is 0.200 e. The maximum atomic E-state index is 10.1. The highest BCUT2D eigenvalue weighted by Crippen LogP contribution is 2.37. The van der Waals surface area contributed by atoms with Gasteiger partial charge in [-0.05, 0) is 36.8 Å². The minimum atomic E-state index is -0.0170. The van der Waals surface area contributed by atoms with Gasteiger partial charge in [-0.3, -0.25) is 0 Å². The van der Waals surface area contributed by atoms with Gasteiger partial charge in [0.15, 0.2) is 17.5 Å². The number of furan rings is 1. The zero-order valence-electron chi connectivity index (χ0n) is 17.6. The molecular formula is C22H28IN3O4. The van der Waals surface area contributed by atoms with E-state index in [1.54, 1.807) is 12.1 Å². The molecule has 2 aromatic carbocycles. The molecule has 8 heteroatoms. The van der Waals surface area contributed by atoms with Crippen LogP contribution in [-0.4, -0.2) is 43.8 Å². The van der Waals surface area contributed by atoms with E-state index in [2.05, 4.69) is 5.32 Å². The number of nitrogens with one attached hydrogen (secondary N) is 1. The van der Waals surface area contributed by atoms with Crippen molar-refractivity contribution in [3.63, 3.8) is 0 Å². The van der Waals surface area contributed by atoms with E-state index in [4.69, 9.17) is 18.9 Å². The molecule has 0 atom stereocenters. The van der Waals surface area contributed by atoms with Crippen molar-refractivity contribution in [1.29, 1.82) is 0 Å². The molecule has 0 aliphatic rings. The van der Waals surface area contributed by atoms with Gasteiger partial charge in [0.05, 0.1) is 27.3 Å². The van der Waals surface area contributed by atoms with E-state index in [0.717, 1.165) is 34.8 Å². The van der Waals surface area contributed by atoms with Crippen LogP contribution in [0.5, 0.6) is 17.2 Å². The van der Waals surface area contributed by atoms with E-state index >= 15 is 0 Å². The van der Waals surface area contributed by atoms with Crippen molar-refractivity contribution in [3.8, 4) is 17.2 Å². The summed E-state index contributed by atoms with van der Waals surface area (Å²) >= 11 is 0. The number of phenolic OH excluding ortho intramolecular Hbond substituents is 1. The molecule has 0 spiro atoms. The smallest absolute Gasteiger partial charge is 0.200 e. The third-order valence-electron chi connectivity index (χ3n) is 4.52. The number of hydrogen-bond donors (Lipinski definition) is 2. The summed E-state index contributed by atoms with van der Waals surface area (Å²) in [6, 6.07) is 13.5. The third kappa shape index (κ3) is 5.50. The number of phenols is 1. The van der Waals surface area contributed by atoms with Gasteiger partial charge in [-0.1, -0.05) is 18.2 Å². The summed E-state index contributed by atoms with van der Waals surface area (Å²) < 4.78 is 16.4. The lowest BCUT2D eigenvalue weighted by atomic mass is 10.2. The molecular weight excluding hydrogens is 497 g/mol. The molecule has 0 saturated carbocycles. The summed E-state index contributed by atoms with van der Waals surface area (Å²) in [5, 5.41) is 14.5. The Balaban J connectivity index is 0.00000320. The second-order valence-electron chi connectivity index (χ2n) is 6.63. The van der Waals surface area contributed by atoms with Crippen LogP contribution in [0.25, 0.3) is 11.0 Å². The van der Waals surface area contributed by atoms with Crippen LogP contribution in [0.1, 0.15) is 18.2 Å². The zero-order chi connectivity index (χ0) is 20.8. The van der Waals surface area contributed by atoms with Crippen molar-refractivity contribution in [2.75, 3.05) is 27.8 Å². The number of hydrogen-bond acceptors (Lipinski definition) is 5. The maximum absolute atomic E-state index is 10.1. The molecule has 0 aliphatic carbocycles. The van der Waals surface area contributed by atoms with Gasteiger partial charge in [0.1, 0.15) is 11.3 Å². The van der Waals surface area contributed by atoms with Gasteiger partial charge in [-0.2, -0.15) is 0 Å². The van der Waals surface area contributed by atoms with Crippen LogP contribution in [0.2, 0.25) is 0 Å². The normalized spacial score (nSPS) is 11.1. The molecule has 0 bridgehead atoms. The van der Waals surface area contributed by atoms with Crippen molar-refractivity contribution in [3.05, 3.63) is 53.8 Å². The van der Waals surface area contributed by atoms with E-state index in [9.17, 15) is 5.11 Å². The first-order valence-corrected chi connectivity index (χ1v) is 9.46. The van der Waals surface area contributed by atoms with Crippen molar-refractivity contribution >= 4 is 40.9 Å². The number of ether oxygens (including phenoxy) is 2. The van der Waals surface area contributed by atoms with Gasteiger partial charge in [-0.25, -0.2) is 4.99 Å². The van der Waals surface area contributed by atoms with E-state index in [1.807, 2.05) is 49.2 Å². The summed E-state index contributed by atoms with van der Waals surface area (Å²) in [7, 11) is 4.98. The molecule has 0 aliphatic heterocycles. The molecule has 1 heterocycles. The molecule has 1 aromatic heterocycles. The Morgan fingerprint density at radius 3 is 2.40 bits per heavy atom. The van der Waals surface area contributed by atoms with Gasteiger partial charge in [0.25, 0.3) is 0 Å². The number of benzene rings is 2. The Labute approximate surface area is 193 Å². The van der Waals surface area contributed by atoms with Crippen molar-refractivity contribution in [2.24, 2.45) is 4.99 Å². The highest BCUT2D eigenvalue weighted by Gasteiger charge is 2.13. The fourth-order valence-electron chi connectivity index (χ4n) is 3.10. The number of methoxy groups -OCH3 is 2. The van der Waals surface area contributed by atoms with Crippen LogP contribution in [0.4, 0.5) is 0 Å². The monoisotopic (exact) mass is 525 g/mol.